The number of piperazine rings is 1. The summed E-state index contributed by atoms with van der Waals surface area (Å²) in [5, 5.41) is 4.05. The Labute approximate surface area is 187 Å². The lowest BCUT2D eigenvalue weighted by atomic mass is 9.90. The molecule has 1 saturated heterocycles. The zero-order valence-electron chi connectivity index (χ0n) is 18.4. The molecule has 2 aromatic rings. The second kappa shape index (κ2) is 9.26. The number of methoxy groups -OCH3 is 1. The van der Waals surface area contributed by atoms with E-state index >= 15 is 0 Å². The number of hydrogen-bond acceptors (Lipinski definition) is 6. The fraction of sp³-hybridized carbons (Fsp3) is 0.522. The zero-order chi connectivity index (χ0) is 22.0. The van der Waals surface area contributed by atoms with E-state index in [1.165, 1.54) is 4.88 Å². The maximum atomic E-state index is 12.8. The molecule has 1 N–H and O–H groups in total. The number of fused-ring (bicyclic) bond motifs is 1. The lowest BCUT2D eigenvalue weighted by molar-refractivity contribution is -0.134. The van der Waals surface area contributed by atoms with Gasteiger partial charge in [0.1, 0.15) is 5.75 Å². The Kier molecular flexibility index (Phi) is 6.46. The van der Waals surface area contributed by atoms with E-state index in [4.69, 9.17) is 9.72 Å². The van der Waals surface area contributed by atoms with Crippen LogP contribution in [0.2, 0.25) is 0 Å². The minimum atomic E-state index is -0.0486. The predicted octanol–water partition coefficient (Wildman–Crippen LogP) is 3.20. The molecule has 2 amide bonds. The van der Waals surface area contributed by atoms with Crippen LogP contribution in [0.1, 0.15) is 30.8 Å². The third-order valence-electron chi connectivity index (χ3n) is 5.99. The van der Waals surface area contributed by atoms with E-state index in [0.29, 0.717) is 0 Å². The minimum absolute atomic E-state index is 0.0405. The van der Waals surface area contributed by atoms with E-state index in [0.717, 1.165) is 67.7 Å². The first-order valence-electron chi connectivity index (χ1n) is 10.9. The van der Waals surface area contributed by atoms with E-state index in [2.05, 4.69) is 10.2 Å². The summed E-state index contributed by atoms with van der Waals surface area (Å²) in [5.74, 6) is 0.995. The summed E-state index contributed by atoms with van der Waals surface area (Å²) in [6.45, 7) is 7.00. The van der Waals surface area contributed by atoms with Crippen molar-refractivity contribution in [2.75, 3.05) is 43.5 Å². The number of anilines is 2. The number of carbonyl (C=O) groups is 2. The summed E-state index contributed by atoms with van der Waals surface area (Å²) >= 11 is 1.70. The molecule has 2 heterocycles. The number of ether oxygens (including phenoxy) is 1. The number of rotatable bonds is 5. The van der Waals surface area contributed by atoms with Gasteiger partial charge in [-0.1, -0.05) is 19.9 Å². The molecule has 2 aliphatic rings. The molecular weight excluding hydrogens is 412 g/mol. The standard InChI is InChI=1S/C23H30N4O3S/c1-15(2)22(29)26-9-11-27(12-10-26)23-25-19-8-7-16(13-20(19)31-23)21(28)24-17-5-4-6-18(14-17)30-3/h4-6,14-16H,7-13H2,1-3H3,(H,24,28). The fourth-order valence-electron chi connectivity index (χ4n) is 4.15. The van der Waals surface area contributed by atoms with Gasteiger partial charge in [-0.3, -0.25) is 9.59 Å². The second-order valence-corrected chi connectivity index (χ2v) is 9.56. The number of nitrogens with one attached hydrogen (secondary N) is 1. The molecule has 0 spiro atoms. The number of thiazole rings is 1. The molecule has 8 heteroatoms. The quantitative estimate of drug-likeness (QED) is 0.770. The Balaban J connectivity index is 1.36. The highest BCUT2D eigenvalue weighted by molar-refractivity contribution is 7.15. The molecular formula is C23H30N4O3S. The maximum Gasteiger partial charge on any atom is 0.227 e. The Bertz CT molecular complexity index is 950. The molecule has 0 bridgehead atoms. The average Bonchev–Trinajstić information content (AvgIpc) is 3.22. The smallest absolute Gasteiger partial charge is 0.227 e. The first-order chi connectivity index (χ1) is 14.9. The van der Waals surface area contributed by atoms with Crippen LogP contribution in [0.25, 0.3) is 0 Å². The highest BCUT2D eigenvalue weighted by Gasteiger charge is 2.30. The van der Waals surface area contributed by atoms with Gasteiger partial charge in [0.25, 0.3) is 0 Å². The molecule has 0 saturated carbocycles. The largest absolute Gasteiger partial charge is 0.497 e. The van der Waals surface area contributed by atoms with Gasteiger partial charge < -0.3 is 19.9 Å². The third-order valence-corrected chi connectivity index (χ3v) is 7.17. The van der Waals surface area contributed by atoms with Crippen molar-refractivity contribution in [1.82, 2.24) is 9.88 Å². The summed E-state index contributed by atoms with van der Waals surface area (Å²) in [6.07, 6.45) is 2.37. The van der Waals surface area contributed by atoms with Gasteiger partial charge in [-0.2, -0.15) is 0 Å². The molecule has 0 radical (unpaired) electrons. The van der Waals surface area contributed by atoms with Gasteiger partial charge in [-0.25, -0.2) is 4.98 Å². The van der Waals surface area contributed by atoms with Crippen LogP contribution in [0.15, 0.2) is 24.3 Å². The molecule has 4 rings (SSSR count). The van der Waals surface area contributed by atoms with Gasteiger partial charge in [0.05, 0.1) is 12.8 Å². The van der Waals surface area contributed by atoms with E-state index in [-0.39, 0.29) is 23.7 Å². The van der Waals surface area contributed by atoms with E-state index in [9.17, 15) is 9.59 Å². The number of aryl methyl sites for hydroxylation is 1. The molecule has 1 aromatic carbocycles. The lowest BCUT2D eigenvalue weighted by Crippen LogP contribution is -2.49. The molecule has 1 atom stereocenters. The van der Waals surface area contributed by atoms with Crippen molar-refractivity contribution in [3.05, 3.63) is 34.8 Å². The number of benzene rings is 1. The first kappa shape index (κ1) is 21.6. The molecule has 7 nitrogen and oxygen atoms in total. The lowest BCUT2D eigenvalue weighted by Gasteiger charge is -2.35. The molecule has 1 aliphatic heterocycles. The van der Waals surface area contributed by atoms with Crippen LogP contribution >= 0.6 is 11.3 Å². The summed E-state index contributed by atoms with van der Waals surface area (Å²) in [4.78, 5) is 35.4. The van der Waals surface area contributed by atoms with E-state index in [1.807, 2.05) is 43.0 Å². The Morgan fingerprint density at radius 3 is 2.71 bits per heavy atom. The van der Waals surface area contributed by atoms with Crippen LogP contribution in [-0.2, 0) is 22.4 Å². The van der Waals surface area contributed by atoms with Crippen LogP contribution < -0.4 is 15.0 Å². The van der Waals surface area contributed by atoms with Crippen molar-refractivity contribution in [1.29, 1.82) is 0 Å². The Hall–Kier alpha value is -2.61. The predicted molar refractivity (Wildman–Crippen MR) is 123 cm³/mol. The van der Waals surface area contributed by atoms with E-state index in [1.54, 1.807) is 18.4 Å². The SMILES string of the molecule is COc1cccc(NC(=O)C2CCc3nc(N4CCN(C(=O)C(C)C)CC4)sc3C2)c1. The highest BCUT2D eigenvalue weighted by Crippen LogP contribution is 2.35. The average molecular weight is 443 g/mol. The molecule has 166 valence electrons. The Morgan fingerprint density at radius 1 is 1.23 bits per heavy atom. The summed E-state index contributed by atoms with van der Waals surface area (Å²) in [5.41, 5.74) is 1.89. The van der Waals surface area contributed by atoms with Crippen LogP contribution in [0, 0.1) is 11.8 Å². The van der Waals surface area contributed by atoms with Gasteiger partial charge in [0.2, 0.25) is 11.8 Å². The first-order valence-corrected chi connectivity index (χ1v) is 11.7. The van der Waals surface area contributed by atoms with Crippen molar-refractivity contribution in [2.45, 2.75) is 33.1 Å². The highest BCUT2D eigenvalue weighted by atomic mass is 32.1. The van der Waals surface area contributed by atoms with Crippen LogP contribution in [-0.4, -0.2) is 55.0 Å². The summed E-state index contributed by atoms with van der Waals surface area (Å²) in [7, 11) is 1.62. The van der Waals surface area contributed by atoms with Gasteiger partial charge in [-0.05, 0) is 31.4 Å². The number of hydrogen-bond donors (Lipinski definition) is 1. The van der Waals surface area contributed by atoms with Gasteiger partial charge in [0, 0.05) is 54.6 Å². The maximum absolute atomic E-state index is 12.8. The monoisotopic (exact) mass is 442 g/mol. The molecule has 31 heavy (non-hydrogen) atoms. The molecule has 1 unspecified atom stereocenters. The van der Waals surface area contributed by atoms with Crippen molar-refractivity contribution in [2.24, 2.45) is 11.8 Å². The summed E-state index contributed by atoms with van der Waals surface area (Å²) in [6, 6.07) is 7.45. The number of amides is 2. The fourth-order valence-corrected chi connectivity index (χ4v) is 5.39. The second-order valence-electron chi connectivity index (χ2n) is 8.49. The van der Waals surface area contributed by atoms with Gasteiger partial charge in [-0.15, -0.1) is 11.3 Å². The third kappa shape index (κ3) is 4.84. The van der Waals surface area contributed by atoms with Gasteiger partial charge >= 0.3 is 0 Å². The van der Waals surface area contributed by atoms with Crippen LogP contribution in [0.3, 0.4) is 0 Å². The van der Waals surface area contributed by atoms with Gasteiger partial charge in [0.15, 0.2) is 5.13 Å². The molecule has 1 aliphatic carbocycles. The Morgan fingerprint density at radius 2 is 2.00 bits per heavy atom. The van der Waals surface area contributed by atoms with Crippen molar-refractivity contribution in [3.8, 4) is 5.75 Å². The number of aromatic nitrogens is 1. The number of carbonyl (C=O) groups excluding carboxylic acids is 2. The topological polar surface area (TPSA) is 74.8 Å². The van der Waals surface area contributed by atoms with Crippen LogP contribution in [0.4, 0.5) is 10.8 Å². The molecule has 1 fully saturated rings. The number of nitrogens with zero attached hydrogens (tertiary/aromatic N) is 3. The normalized spacial score (nSPS) is 18.6. The van der Waals surface area contributed by atoms with Crippen LogP contribution in [0.5, 0.6) is 5.75 Å². The van der Waals surface area contributed by atoms with E-state index < -0.39 is 0 Å². The van der Waals surface area contributed by atoms with Crippen molar-refractivity contribution < 1.29 is 14.3 Å². The summed E-state index contributed by atoms with van der Waals surface area (Å²) < 4.78 is 5.24. The molecule has 1 aromatic heterocycles. The van der Waals surface area contributed by atoms with Crippen molar-refractivity contribution in [3.63, 3.8) is 0 Å². The zero-order valence-corrected chi connectivity index (χ0v) is 19.2. The van der Waals surface area contributed by atoms with Crippen molar-refractivity contribution >= 4 is 34.0 Å². The minimum Gasteiger partial charge on any atom is -0.497 e.